The molecule has 0 bridgehead atoms. The van der Waals surface area contributed by atoms with E-state index in [0.29, 0.717) is 6.42 Å². The fraction of sp³-hybridized carbons (Fsp3) is 0.750. The maximum absolute atomic E-state index is 11.5. The van der Waals surface area contributed by atoms with Crippen LogP contribution in [0.1, 0.15) is 34.1 Å². The maximum atomic E-state index is 11.5. The molecule has 0 fully saturated rings. The fourth-order valence-corrected chi connectivity index (χ4v) is 1.35. The molecule has 110 valence electrons. The number of carbonyl (C=O) groups is 3. The number of hydrogen-bond acceptors (Lipinski definition) is 3. The first-order chi connectivity index (χ1) is 8.58. The van der Waals surface area contributed by atoms with Gasteiger partial charge in [0.2, 0.25) is 5.91 Å². The van der Waals surface area contributed by atoms with Crippen molar-refractivity contribution in [3.05, 3.63) is 0 Å². The Hall–Kier alpha value is -1.79. The minimum atomic E-state index is -0.924. The van der Waals surface area contributed by atoms with Crippen LogP contribution < -0.4 is 16.4 Å². The lowest BCUT2D eigenvalue weighted by Crippen LogP contribution is -2.51. The van der Waals surface area contributed by atoms with Gasteiger partial charge in [0.1, 0.15) is 6.04 Å². The first-order valence-corrected chi connectivity index (χ1v) is 6.15. The van der Waals surface area contributed by atoms with Crippen LogP contribution in [-0.2, 0) is 9.59 Å². The quantitative estimate of drug-likeness (QED) is 0.532. The molecule has 1 atom stereocenters. The first kappa shape index (κ1) is 17.2. The summed E-state index contributed by atoms with van der Waals surface area (Å²) in [6.07, 6.45) is 0.290. The summed E-state index contributed by atoms with van der Waals surface area (Å²) >= 11 is 0. The van der Waals surface area contributed by atoms with E-state index >= 15 is 0 Å². The number of amides is 3. The van der Waals surface area contributed by atoms with Crippen LogP contribution in [0.15, 0.2) is 0 Å². The lowest BCUT2D eigenvalue weighted by atomic mass is 9.90. The molecule has 1 unspecified atom stereocenters. The van der Waals surface area contributed by atoms with Gasteiger partial charge in [-0.3, -0.25) is 9.59 Å². The number of aliphatic carboxylic acids is 1. The Morgan fingerprint density at radius 3 is 2.16 bits per heavy atom. The summed E-state index contributed by atoms with van der Waals surface area (Å²) in [6.45, 7) is 6.89. The summed E-state index contributed by atoms with van der Waals surface area (Å²) < 4.78 is 0. The Morgan fingerprint density at radius 2 is 1.79 bits per heavy atom. The van der Waals surface area contributed by atoms with Gasteiger partial charge in [-0.15, -0.1) is 0 Å². The number of hydrogen-bond donors (Lipinski definition) is 4. The van der Waals surface area contributed by atoms with Gasteiger partial charge in [-0.1, -0.05) is 13.8 Å². The SMILES string of the molecule is CC(C)C(NC(=O)NCCC(C)(C)C(=O)O)C(N)=O. The molecule has 7 nitrogen and oxygen atoms in total. The van der Waals surface area contributed by atoms with Crippen molar-refractivity contribution in [1.29, 1.82) is 0 Å². The van der Waals surface area contributed by atoms with E-state index in [-0.39, 0.29) is 12.5 Å². The second kappa shape index (κ2) is 6.96. The summed E-state index contributed by atoms with van der Waals surface area (Å²) in [5.41, 5.74) is 4.26. The molecule has 0 aromatic carbocycles. The van der Waals surface area contributed by atoms with Gasteiger partial charge in [-0.2, -0.15) is 0 Å². The smallest absolute Gasteiger partial charge is 0.315 e. The number of urea groups is 1. The average Bonchev–Trinajstić information content (AvgIpc) is 2.24. The van der Waals surface area contributed by atoms with Crippen molar-refractivity contribution in [3.63, 3.8) is 0 Å². The van der Waals surface area contributed by atoms with Crippen molar-refractivity contribution >= 4 is 17.9 Å². The van der Waals surface area contributed by atoms with Crippen LogP contribution in [0, 0.1) is 11.3 Å². The Bertz CT molecular complexity index is 353. The van der Waals surface area contributed by atoms with E-state index in [1.807, 2.05) is 0 Å². The number of nitrogens with one attached hydrogen (secondary N) is 2. The molecule has 0 heterocycles. The molecule has 0 radical (unpaired) electrons. The van der Waals surface area contributed by atoms with Gasteiger partial charge >= 0.3 is 12.0 Å². The lowest BCUT2D eigenvalue weighted by Gasteiger charge is -2.21. The predicted molar refractivity (Wildman–Crippen MR) is 70.4 cm³/mol. The molecule has 0 aliphatic carbocycles. The van der Waals surface area contributed by atoms with Crippen LogP contribution in [0.5, 0.6) is 0 Å². The molecule has 5 N–H and O–H groups in total. The topological polar surface area (TPSA) is 122 Å². The zero-order valence-electron chi connectivity index (χ0n) is 11.8. The third-order valence-electron chi connectivity index (χ3n) is 2.87. The number of carboxylic acids is 1. The van der Waals surface area contributed by atoms with Crippen LogP contribution in [0.25, 0.3) is 0 Å². The number of carboxylic acid groups (broad SMARTS) is 1. The molecule has 0 aliphatic heterocycles. The second-order valence-corrected chi connectivity index (χ2v) is 5.46. The van der Waals surface area contributed by atoms with E-state index in [1.54, 1.807) is 27.7 Å². The van der Waals surface area contributed by atoms with Crippen LogP contribution in [0.4, 0.5) is 4.79 Å². The van der Waals surface area contributed by atoms with Crippen LogP contribution in [-0.4, -0.2) is 35.6 Å². The highest BCUT2D eigenvalue weighted by Crippen LogP contribution is 2.19. The van der Waals surface area contributed by atoms with E-state index < -0.39 is 29.4 Å². The van der Waals surface area contributed by atoms with Crippen molar-refractivity contribution in [2.45, 2.75) is 40.2 Å². The molecule has 7 heteroatoms. The Kier molecular flexibility index (Phi) is 6.31. The minimum Gasteiger partial charge on any atom is -0.481 e. The van der Waals surface area contributed by atoms with Crippen molar-refractivity contribution in [2.24, 2.45) is 17.1 Å². The van der Waals surface area contributed by atoms with Gasteiger partial charge in [-0.05, 0) is 26.2 Å². The summed E-state index contributed by atoms with van der Waals surface area (Å²) in [5.74, 6) is -1.64. The summed E-state index contributed by atoms with van der Waals surface area (Å²) in [7, 11) is 0. The van der Waals surface area contributed by atoms with E-state index in [0.717, 1.165) is 0 Å². The Labute approximate surface area is 112 Å². The summed E-state index contributed by atoms with van der Waals surface area (Å²) in [6, 6.07) is -1.27. The molecule has 0 aromatic rings. The molecule has 0 rings (SSSR count). The van der Waals surface area contributed by atoms with Crippen molar-refractivity contribution in [1.82, 2.24) is 10.6 Å². The Morgan fingerprint density at radius 1 is 1.26 bits per heavy atom. The third-order valence-corrected chi connectivity index (χ3v) is 2.87. The zero-order valence-corrected chi connectivity index (χ0v) is 11.8. The molecule has 0 spiro atoms. The molecular formula is C12H23N3O4. The molecule has 0 aromatic heterocycles. The number of rotatable bonds is 7. The summed E-state index contributed by atoms with van der Waals surface area (Å²) in [4.78, 5) is 33.5. The van der Waals surface area contributed by atoms with Crippen LogP contribution >= 0.6 is 0 Å². The average molecular weight is 273 g/mol. The largest absolute Gasteiger partial charge is 0.481 e. The Balaban J connectivity index is 4.20. The fourth-order valence-electron chi connectivity index (χ4n) is 1.35. The standard InChI is InChI=1S/C12H23N3O4/c1-7(2)8(9(13)16)15-11(19)14-6-5-12(3,4)10(17)18/h7-8H,5-6H2,1-4H3,(H2,13,16)(H,17,18)(H2,14,15,19). The number of nitrogens with two attached hydrogens (primary N) is 1. The predicted octanol–water partition coefficient (Wildman–Crippen LogP) is 0.296. The minimum absolute atomic E-state index is 0.112. The highest BCUT2D eigenvalue weighted by Gasteiger charge is 2.27. The highest BCUT2D eigenvalue weighted by atomic mass is 16.4. The van der Waals surface area contributed by atoms with E-state index in [1.165, 1.54) is 0 Å². The van der Waals surface area contributed by atoms with Gasteiger partial charge in [0, 0.05) is 6.54 Å². The number of carbonyl (C=O) groups excluding carboxylic acids is 2. The third kappa shape index (κ3) is 6.08. The highest BCUT2D eigenvalue weighted by molar-refractivity contribution is 5.86. The second-order valence-electron chi connectivity index (χ2n) is 5.46. The van der Waals surface area contributed by atoms with Gasteiger partial charge in [0.25, 0.3) is 0 Å². The van der Waals surface area contributed by atoms with Gasteiger partial charge in [-0.25, -0.2) is 4.79 Å². The van der Waals surface area contributed by atoms with Gasteiger partial charge < -0.3 is 21.5 Å². The molecule has 19 heavy (non-hydrogen) atoms. The molecule has 0 aliphatic rings. The molecular weight excluding hydrogens is 250 g/mol. The number of primary amides is 1. The monoisotopic (exact) mass is 273 g/mol. The van der Waals surface area contributed by atoms with Gasteiger partial charge in [0.05, 0.1) is 5.41 Å². The normalized spacial score (nSPS) is 12.9. The van der Waals surface area contributed by atoms with Crippen molar-refractivity contribution in [2.75, 3.05) is 6.54 Å². The maximum Gasteiger partial charge on any atom is 0.315 e. The van der Waals surface area contributed by atoms with E-state index in [4.69, 9.17) is 10.8 Å². The molecule has 0 saturated heterocycles. The van der Waals surface area contributed by atoms with Gasteiger partial charge in [0.15, 0.2) is 0 Å². The zero-order chi connectivity index (χ0) is 15.2. The van der Waals surface area contributed by atoms with Crippen molar-refractivity contribution in [3.8, 4) is 0 Å². The first-order valence-electron chi connectivity index (χ1n) is 6.15. The van der Waals surface area contributed by atoms with Crippen LogP contribution in [0.3, 0.4) is 0 Å². The van der Waals surface area contributed by atoms with Crippen LogP contribution in [0.2, 0.25) is 0 Å². The van der Waals surface area contributed by atoms with E-state index in [2.05, 4.69) is 10.6 Å². The van der Waals surface area contributed by atoms with Crippen molar-refractivity contribution < 1.29 is 19.5 Å². The summed E-state index contributed by atoms with van der Waals surface area (Å²) in [5, 5.41) is 13.9. The van der Waals surface area contributed by atoms with E-state index in [9.17, 15) is 14.4 Å². The lowest BCUT2D eigenvalue weighted by molar-refractivity contribution is -0.147. The molecule has 0 saturated carbocycles. The molecule has 3 amide bonds.